The number of halogens is 1. The number of carbonyl (C=O) groups excluding carboxylic acids is 1. The molecule has 0 saturated carbocycles. The Bertz CT molecular complexity index is 962. The van der Waals surface area contributed by atoms with Crippen LogP contribution in [0.3, 0.4) is 0 Å². The molecular formula is C29H39FN4O. The standard InChI is InChI=1S/C29H39FN4O/c30-27-10-5-4-9-25(27)21-32-13-15-34(16-14-32)29(35)12-6-11-28-26-17-24(18-31-28)20-33(22-26)19-23-7-2-1-3-8-23/h1-5,7-10,24,26,28,31H,6,11-22H2/t24-,26-,28+/m0/s1. The zero-order valence-electron chi connectivity index (χ0n) is 20.7. The number of hydrogen-bond donors (Lipinski definition) is 1. The van der Waals surface area contributed by atoms with Crippen molar-refractivity contribution in [1.82, 2.24) is 20.0 Å². The van der Waals surface area contributed by atoms with Crippen molar-refractivity contribution >= 4 is 5.91 Å². The Morgan fingerprint density at radius 2 is 1.69 bits per heavy atom. The number of nitrogens with zero attached hydrogens (tertiary/aromatic N) is 3. The number of rotatable bonds is 8. The smallest absolute Gasteiger partial charge is 0.222 e. The van der Waals surface area contributed by atoms with Gasteiger partial charge in [0.1, 0.15) is 5.82 Å². The Labute approximate surface area is 209 Å². The first-order chi connectivity index (χ1) is 17.1. The summed E-state index contributed by atoms with van der Waals surface area (Å²) in [6.45, 7) is 8.21. The van der Waals surface area contributed by atoms with E-state index in [9.17, 15) is 9.18 Å². The molecule has 3 saturated heterocycles. The van der Waals surface area contributed by atoms with Crippen LogP contribution in [-0.4, -0.2) is 72.5 Å². The minimum atomic E-state index is -0.144. The number of likely N-dealkylation sites (tertiary alicyclic amines) is 1. The van der Waals surface area contributed by atoms with Gasteiger partial charge in [-0.3, -0.25) is 14.6 Å². The van der Waals surface area contributed by atoms with E-state index in [-0.39, 0.29) is 11.7 Å². The fraction of sp³-hybridized carbons (Fsp3) is 0.552. The minimum Gasteiger partial charge on any atom is -0.340 e. The first-order valence-corrected chi connectivity index (χ1v) is 13.4. The Hall–Kier alpha value is -2.28. The van der Waals surface area contributed by atoms with E-state index in [1.54, 1.807) is 6.07 Å². The van der Waals surface area contributed by atoms with Gasteiger partial charge in [-0.1, -0.05) is 48.5 Å². The average Bonchev–Trinajstić information content (AvgIpc) is 2.88. The van der Waals surface area contributed by atoms with Gasteiger partial charge >= 0.3 is 0 Å². The minimum absolute atomic E-state index is 0.144. The Morgan fingerprint density at radius 1 is 0.914 bits per heavy atom. The van der Waals surface area contributed by atoms with Crippen molar-refractivity contribution < 1.29 is 9.18 Å². The van der Waals surface area contributed by atoms with Crippen LogP contribution >= 0.6 is 0 Å². The van der Waals surface area contributed by atoms with Crippen molar-refractivity contribution in [1.29, 1.82) is 0 Å². The zero-order chi connectivity index (χ0) is 24.0. The van der Waals surface area contributed by atoms with Crippen molar-refractivity contribution in [3.8, 4) is 0 Å². The molecule has 2 aromatic rings. The van der Waals surface area contributed by atoms with Gasteiger partial charge in [-0.05, 0) is 49.3 Å². The SMILES string of the molecule is O=C(CCC[C@H]1NC[C@@H]2C[C@H]1CN(Cc1ccccc1)C2)N1CCN(Cc2ccccc2F)CC1. The van der Waals surface area contributed by atoms with Crippen LogP contribution in [0.5, 0.6) is 0 Å². The molecule has 3 aliphatic rings. The van der Waals surface area contributed by atoms with E-state index >= 15 is 0 Å². The third-order valence-electron chi connectivity index (χ3n) is 8.11. The molecule has 3 fully saturated rings. The monoisotopic (exact) mass is 478 g/mol. The molecular weight excluding hydrogens is 439 g/mol. The predicted octanol–water partition coefficient (Wildman–Crippen LogP) is 3.75. The molecule has 3 atom stereocenters. The fourth-order valence-electron chi connectivity index (χ4n) is 6.24. The van der Waals surface area contributed by atoms with Crippen LogP contribution in [0.25, 0.3) is 0 Å². The van der Waals surface area contributed by atoms with E-state index in [1.165, 1.54) is 24.6 Å². The lowest BCUT2D eigenvalue weighted by Gasteiger charge is -2.46. The number of benzene rings is 2. The number of amides is 1. The molecule has 0 aliphatic carbocycles. The molecule has 2 bridgehead atoms. The molecule has 5 nitrogen and oxygen atoms in total. The van der Waals surface area contributed by atoms with E-state index in [0.29, 0.717) is 24.9 Å². The number of hydrogen-bond acceptors (Lipinski definition) is 4. The van der Waals surface area contributed by atoms with E-state index in [2.05, 4.69) is 45.4 Å². The maximum Gasteiger partial charge on any atom is 0.222 e. The summed E-state index contributed by atoms with van der Waals surface area (Å²) in [5.41, 5.74) is 2.14. The maximum absolute atomic E-state index is 13.9. The van der Waals surface area contributed by atoms with Crippen LogP contribution in [-0.2, 0) is 17.9 Å². The summed E-state index contributed by atoms with van der Waals surface area (Å²) in [5.74, 6) is 1.56. The number of piperazine rings is 1. The van der Waals surface area contributed by atoms with E-state index in [1.807, 2.05) is 17.0 Å². The Morgan fingerprint density at radius 3 is 2.49 bits per heavy atom. The van der Waals surface area contributed by atoms with Crippen molar-refractivity contribution in [2.24, 2.45) is 11.8 Å². The quantitative estimate of drug-likeness (QED) is 0.627. The van der Waals surface area contributed by atoms with Crippen molar-refractivity contribution in [3.05, 3.63) is 71.5 Å². The average molecular weight is 479 g/mol. The summed E-state index contributed by atoms with van der Waals surface area (Å²) >= 11 is 0. The predicted molar refractivity (Wildman–Crippen MR) is 137 cm³/mol. The van der Waals surface area contributed by atoms with Crippen LogP contribution in [0.2, 0.25) is 0 Å². The number of nitrogens with one attached hydrogen (secondary N) is 1. The van der Waals surface area contributed by atoms with Crippen LogP contribution in [0, 0.1) is 17.7 Å². The van der Waals surface area contributed by atoms with Gasteiger partial charge in [0, 0.05) is 70.4 Å². The highest BCUT2D eigenvalue weighted by Gasteiger charge is 2.36. The molecule has 1 N–H and O–H groups in total. The van der Waals surface area contributed by atoms with Gasteiger partial charge in [0.15, 0.2) is 0 Å². The lowest BCUT2D eigenvalue weighted by Crippen LogP contribution is -2.55. The molecule has 0 radical (unpaired) electrons. The molecule has 2 aromatic carbocycles. The molecule has 0 aromatic heterocycles. The summed E-state index contributed by atoms with van der Waals surface area (Å²) in [6.07, 6.45) is 3.98. The maximum atomic E-state index is 13.9. The largest absolute Gasteiger partial charge is 0.340 e. The van der Waals surface area contributed by atoms with Crippen LogP contribution in [0.15, 0.2) is 54.6 Å². The highest BCUT2D eigenvalue weighted by Crippen LogP contribution is 2.31. The van der Waals surface area contributed by atoms with Crippen LogP contribution < -0.4 is 5.32 Å². The Balaban J connectivity index is 1.03. The summed E-state index contributed by atoms with van der Waals surface area (Å²) in [7, 11) is 0. The second-order valence-corrected chi connectivity index (χ2v) is 10.7. The third-order valence-corrected chi connectivity index (χ3v) is 8.11. The summed E-state index contributed by atoms with van der Waals surface area (Å²) < 4.78 is 13.9. The summed E-state index contributed by atoms with van der Waals surface area (Å²) in [6, 6.07) is 18.3. The number of fused-ring (bicyclic) bond motifs is 2. The van der Waals surface area contributed by atoms with Crippen molar-refractivity contribution in [3.63, 3.8) is 0 Å². The van der Waals surface area contributed by atoms with Gasteiger partial charge < -0.3 is 10.2 Å². The molecule has 6 heteroatoms. The molecule has 3 aliphatic heterocycles. The van der Waals surface area contributed by atoms with Gasteiger partial charge in [0.25, 0.3) is 0 Å². The van der Waals surface area contributed by atoms with Crippen molar-refractivity contribution in [2.45, 2.75) is 44.8 Å². The molecule has 1 amide bonds. The van der Waals surface area contributed by atoms with Gasteiger partial charge in [-0.25, -0.2) is 4.39 Å². The summed E-state index contributed by atoms with van der Waals surface area (Å²) in [5, 5.41) is 3.80. The first kappa shape index (κ1) is 24.4. The summed E-state index contributed by atoms with van der Waals surface area (Å²) in [4.78, 5) is 19.7. The van der Waals surface area contributed by atoms with E-state index in [4.69, 9.17) is 0 Å². The molecule has 0 spiro atoms. The normalized spacial score (nSPS) is 25.5. The van der Waals surface area contributed by atoms with Crippen LogP contribution in [0.4, 0.5) is 4.39 Å². The van der Waals surface area contributed by atoms with Crippen LogP contribution in [0.1, 0.15) is 36.8 Å². The highest BCUT2D eigenvalue weighted by molar-refractivity contribution is 5.76. The number of carbonyl (C=O) groups is 1. The Kier molecular flexibility index (Phi) is 8.12. The molecule has 3 heterocycles. The van der Waals surface area contributed by atoms with Gasteiger partial charge in [0.2, 0.25) is 5.91 Å². The second kappa shape index (κ2) is 11.6. The first-order valence-electron chi connectivity index (χ1n) is 13.4. The topological polar surface area (TPSA) is 38.8 Å². The zero-order valence-corrected chi connectivity index (χ0v) is 20.7. The fourth-order valence-corrected chi connectivity index (χ4v) is 6.24. The highest BCUT2D eigenvalue weighted by atomic mass is 19.1. The lowest BCUT2D eigenvalue weighted by molar-refractivity contribution is -0.133. The van der Waals surface area contributed by atoms with Gasteiger partial charge in [-0.2, -0.15) is 0 Å². The van der Waals surface area contributed by atoms with E-state index in [0.717, 1.165) is 70.1 Å². The van der Waals surface area contributed by atoms with Crippen molar-refractivity contribution in [2.75, 3.05) is 45.8 Å². The molecule has 0 unspecified atom stereocenters. The second-order valence-electron chi connectivity index (χ2n) is 10.7. The van der Waals surface area contributed by atoms with E-state index < -0.39 is 0 Å². The third kappa shape index (κ3) is 6.49. The number of piperidine rings is 2. The molecule has 35 heavy (non-hydrogen) atoms. The lowest BCUT2D eigenvalue weighted by atomic mass is 9.79. The van der Waals surface area contributed by atoms with Gasteiger partial charge in [-0.15, -0.1) is 0 Å². The van der Waals surface area contributed by atoms with Gasteiger partial charge in [0.05, 0.1) is 0 Å². The molecule has 5 rings (SSSR count). The molecule has 188 valence electrons.